The largest absolute Gasteiger partial charge is 0.461 e. The van der Waals surface area contributed by atoms with E-state index >= 15 is 0 Å². The highest BCUT2D eigenvalue weighted by atomic mass is 16.5. The van der Waals surface area contributed by atoms with E-state index in [0.29, 0.717) is 27.7 Å². The number of nitrogens with zero attached hydrogens (tertiary/aromatic N) is 1. The molecule has 0 atom stereocenters. The van der Waals surface area contributed by atoms with Crippen LogP contribution in [0.4, 0.5) is 0 Å². The lowest BCUT2D eigenvalue weighted by molar-refractivity contribution is 0.0368. The third kappa shape index (κ3) is 4.36. The number of esters is 1. The van der Waals surface area contributed by atoms with Crippen LogP contribution in [0.5, 0.6) is 0 Å². The molecule has 0 amide bonds. The summed E-state index contributed by atoms with van der Waals surface area (Å²) in [5, 5.41) is 10.3. The summed E-state index contributed by atoms with van der Waals surface area (Å²) in [5.41, 5.74) is 0.0168. The zero-order valence-electron chi connectivity index (χ0n) is 16.4. The minimum absolute atomic E-state index is 0.171. The van der Waals surface area contributed by atoms with Crippen LogP contribution in [-0.2, 0) is 11.8 Å². The second kappa shape index (κ2) is 6.65. The van der Waals surface area contributed by atoms with Crippen LogP contribution in [0.25, 0.3) is 10.9 Å². The quantitative estimate of drug-likeness (QED) is 0.638. The first-order valence-corrected chi connectivity index (χ1v) is 8.45. The molecular formula is C20H26N2O4. The first kappa shape index (κ1) is 19.8. The average Bonchev–Trinajstić information content (AvgIpc) is 2.83. The summed E-state index contributed by atoms with van der Waals surface area (Å²) in [6.45, 7) is 11.0. The highest BCUT2D eigenvalue weighted by molar-refractivity contribution is 6.07. The van der Waals surface area contributed by atoms with E-state index in [1.54, 1.807) is 34.0 Å². The van der Waals surface area contributed by atoms with Gasteiger partial charge in [-0.3, -0.25) is 4.79 Å². The van der Waals surface area contributed by atoms with Crippen molar-refractivity contribution < 1.29 is 14.6 Å². The number of carbonyl (C=O) groups is 1. The van der Waals surface area contributed by atoms with Crippen LogP contribution in [0.3, 0.4) is 0 Å². The van der Waals surface area contributed by atoms with Crippen molar-refractivity contribution in [3.63, 3.8) is 0 Å². The molecule has 26 heavy (non-hydrogen) atoms. The highest BCUT2D eigenvalue weighted by Crippen LogP contribution is 2.25. The number of H-pyrrole nitrogens is 1. The minimum Gasteiger partial charge on any atom is -0.461 e. The Morgan fingerprint density at radius 1 is 1.31 bits per heavy atom. The fourth-order valence-corrected chi connectivity index (χ4v) is 2.47. The third-order valence-corrected chi connectivity index (χ3v) is 3.66. The number of fused-ring (bicyclic) bond motifs is 1. The molecular weight excluding hydrogens is 332 g/mol. The molecule has 0 saturated heterocycles. The number of aryl methyl sites for hydroxylation is 2. The van der Waals surface area contributed by atoms with Gasteiger partial charge in [0.1, 0.15) is 11.1 Å². The molecule has 2 aromatic heterocycles. The van der Waals surface area contributed by atoms with Crippen LogP contribution in [-0.4, -0.2) is 32.8 Å². The molecule has 2 N–H and O–H groups in total. The SMILES string of the molecule is Cc1[nH]c2c(=O)n(C)cc(C#CC(C)(C)O)c2c1C(=O)OCC(C)(C)C. The number of nitrogens with one attached hydrogen (secondary N) is 1. The molecule has 0 aliphatic rings. The normalized spacial score (nSPS) is 12.0. The Morgan fingerprint density at radius 2 is 1.92 bits per heavy atom. The summed E-state index contributed by atoms with van der Waals surface area (Å²) in [4.78, 5) is 28.1. The van der Waals surface area contributed by atoms with Gasteiger partial charge in [-0.25, -0.2) is 4.79 Å². The molecule has 6 heteroatoms. The van der Waals surface area contributed by atoms with Crippen molar-refractivity contribution in [2.75, 3.05) is 6.61 Å². The molecule has 0 aliphatic carbocycles. The summed E-state index contributed by atoms with van der Waals surface area (Å²) >= 11 is 0. The Morgan fingerprint density at radius 3 is 2.46 bits per heavy atom. The van der Waals surface area contributed by atoms with Crippen molar-refractivity contribution in [2.24, 2.45) is 12.5 Å². The van der Waals surface area contributed by atoms with Crippen LogP contribution in [0, 0.1) is 24.2 Å². The van der Waals surface area contributed by atoms with Gasteiger partial charge in [0.15, 0.2) is 0 Å². The van der Waals surface area contributed by atoms with E-state index in [1.807, 2.05) is 20.8 Å². The molecule has 2 rings (SSSR count). The van der Waals surface area contributed by atoms with Crippen LogP contribution >= 0.6 is 0 Å². The number of aliphatic hydroxyl groups is 1. The predicted molar refractivity (Wildman–Crippen MR) is 101 cm³/mol. The van der Waals surface area contributed by atoms with Crippen molar-refractivity contribution in [1.82, 2.24) is 9.55 Å². The van der Waals surface area contributed by atoms with Crippen LogP contribution in [0.2, 0.25) is 0 Å². The average molecular weight is 358 g/mol. The molecule has 0 radical (unpaired) electrons. The molecule has 140 valence electrons. The Bertz CT molecular complexity index is 970. The third-order valence-electron chi connectivity index (χ3n) is 3.66. The Kier molecular flexibility index (Phi) is 5.07. The molecule has 0 aliphatic heterocycles. The topological polar surface area (TPSA) is 84.3 Å². The molecule has 0 saturated carbocycles. The molecule has 0 fully saturated rings. The van der Waals surface area contributed by atoms with Crippen LogP contribution < -0.4 is 5.56 Å². The van der Waals surface area contributed by atoms with E-state index in [4.69, 9.17) is 4.74 Å². The maximum Gasteiger partial charge on any atom is 0.340 e. The van der Waals surface area contributed by atoms with Gasteiger partial charge in [0, 0.05) is 24.3 Å². The summed E-state index contributed by atoms with van der Waals surface area (Å²) in [7, 11) is 1.62. The number of hydrogen-bond donors (Lipinski definition) is 2. The zero-order chi connectivity index (χ0) is 19.9. The number of pyridine rings is 1. The zero-order valence-corrected chi connectivity index (χ0v) is 16.4. The lowest BCUT2D eigenvalue weighted by Crippen LogP contribution is -2.20. The van der Waals surface area contributed by atoms with Crippen molar-refractivity contribution in [3.8, 4) is 11.8 Å². The molecule has 0 bridgehead atoms. The number of carbonyl (C=O) groups excluding carboxylic acids is 1. The number of hydrogen-bond acceptors (Lipinski definition) is 4. The first-order chi connectivity index (χ1) is 11.8. The molecule has 0 unspecified atom stereocenters. The molecule has 2 heterocycles. The van der Waals surface area contributed by atoms with Gasteiger partial charge >= 0.3 is 5.97 Å². The maximum atomic E-state index is 12.7. The van der Waals surface area contributed by atoms with E-state index in [9.17, 15) is 14.7 Å². The van der Waals surface area contributed by atoms with Gasteiger partial charge in [-0.2, -0.15) is 0 Å². The first-order valence-electron chi connectivity index (χ1n) is 8.45. The standard InChI is InChI=1S/C20H26N2O4/c1-12-14(18(24)26-11-19(2,3)4)15-13(8-9-20(5,6)25)10-22(7)17(23)16(15)21-12/h10,21,25H,11H2,1-7H3. The van der Waals surface area contributed by atoms with Gasteiger partial charge in [0.2, 0.25) is 0 Å². The molecule has 0 spiro atoms. The minimum atomic E-state index is -1.20. The Labute approximate surface area is 153 Å². The summed E-state index contributed by atoms with van der Waals surface area (Å²) in [6.07, 6.45) is 1.57. The van der Waals surface area contributed by atoms with Crippen molar-refractivity contribution in [3.05, 3.63) is 33.4 Å². The fourth-order valence-electron chi connectivity index (χ4n) is 2.47. The Balaban J connectivity index is 2.69. The predicted octanol–water partition coefficient (Wildman–Crippen LogP) is 2.50. The highest BCUT2D eigenvalue weighted by Gasteiger charge is 2.24. The smallest absolute Gasteiger partial charge is 0.340 e. The Hall–Kier alpha value is -2.52. The van der Waals surface area contributed by atoms with Crippen molar-refractivity contribution in [2.45, 2.75) is 47.1 Å². The second-order valence-electron chi connectivity index (χ2n) is 8.28. The number of aromatic nitrogens is 2. The number of aromatic amines is 1. The number of rotatable bonds is 2. The molecule has 6 nitrogen and oxygen atoms in total. The van der Waals surface area contributed by atoms with Gasteiger partial charge in [-0.05, 0) is 26.2 Å². The van der Waals surface area contributed by atoms with Gasteiger partial charge < -0.3 is 19.4 Å². The van der Waals surface area contributed by atoms with Gasteiger partial charge in [-0.1, -0.05) is 32.6 Å². The van der Waals surface area contributed by atoms with Crippen LogP contribution in [0.1, 0.15) is 56.2 Å². The molecule has 0 aromatic carbocycles. The van der Waals surface area contributed by atoms with Crippen molar-refractivity contribution in [1.29, 1.82) is 0 Å². The fraction of sp³-hybridized carbons (Fsp3) is 0.500. The lowest BCUT2D eigenvalue weighted by atomic mass is 9.98. The van der Waals surface area contributed by atoms with E-state index in [-0.39, 0.29) is 17.6 Å². The monoisotopic (exact) mass is 358 g/mol. The van der Waals surface area contributed by atoms with E-state index in [2.05, 4.69) is 16.8 Å². The van der Waals surface area contributed by atoms with Gasteiger partial charge in [0.05, 0.1) is 17.7 Å². The summed E-state index contributed by atoms with van der Waals surface area (Å²) in [5.74, 6) is 5.12. The summed E-state index contributed by atoms with van der Waals surface area (Å²) < 4.78 is 6.84. The van der Waals surface area contributed by atoms with E-state index in [1.165, 1.54) is 4.57 Å². The van der Waals surface area contributed by atoms with Gasteiger partial charge in [-0.15, -0.1) is 0 Å². The second-order valence-corrected chi connectivity index (χ2v) is 8.28. The van der Waals surface area contributed by atoms with E-state index < -0.39 is 11.6 Å². The number of ether oxygens (including phenoxy) is 1. The van der Waals surface area contributed by atoms with E-state index in [0.717, 1.165) is 0 Å². The summed E-state index contributed by atoms with van der Waals surface area (Å²) in [6, 6.07) is 0. The van der Waals surface area contributed by atoms with Gasteiger partial charge in [0.25, 0.3) is 5.56 Å². The molecule has 2 aromatic rings. The maximum absolute atomic E-state index is 12.7. The lowest BCUT2D eigenvalue weighted by Gasteiger charge is -2.18. The van der Waals surface area contributed by atoms with Crippen molar-refractivity contribution >= 4 is 16.9 Å². The van der Waals surface area contributed by atoms with Crippen LogP contribution in [0.15, 0.2) is 11.0 Å².